The highest BCUT2D eigenvalue weighted by molar-refractivity contribution is 8.18. The van der Waals surface area contributed by atoms with Crippen LogP contribution in [-0.4, -0.2) is 21.3 Å². The number of nitrogens with zero attached hydrogens (tertiary/aromatic N) is 3. The van der Waals surface area contributed by atoms with E-state index >= 15 is 0 Å². The quantitative estimate of drug-likeness (QED) is 0.865. The number of aryl methyl sites for hydroxylation is 2. The van der Waals surface area contributed by atoms with Gasteiger partial charge in [-0.05, 0) is 37.2 Å². The van der Waals surface area contributed by atoms with E-state index < -0.39 is 0 Å². The minimum atomic E-state index is -0.138. The predicted octanol–water partition coefficient (Wildman–Crippen LogP) is 3.05. The first-order chi connectivity index (χ1) is 10.1. The third-order valence-corrected chi connectivity index (χ3v) is 4.38. The number of carbonyl (C=O) groups is 1. The van der Waals surface area contributed by atoms with Crippen LogP contribution in [0.5, 0.6) is 0 Å². The van der Waals surface area contributed by atoms with Gasteiger partial charge in [-0.3, -0.25) is 4.79 Å². The Kier molecular flexibility index (Phi) is 3.85. The second kappa shape index (κ2) is 5.79. The average molecular weight is 316 g/mol. The van der Waals surface area contributed by atoms with Crippen LogP contribution in [0.25, 0.3) is 6.08 Å². The number of hydrogen-bond donors (Lipinski definition) is 1. The van der Waals surface area contributed by atoms with Crippen molar-refractivity contribution in [2.45, 2.75) is 13.8 Å². The van der Waals surface area contributed by atoms with Crippen LogP contribution in [0.2, 0.25) is 0 Å². The first-order valence-electron chi connectivity index (χ1n) is 6.26. The molecule has 1 aromatic carbocycles. The Morgan fingerprint density at radius 1 is 1.19 bits per heavy atom. The fraction of sp³-hybridized carbons (Fsp3) is 0.143. The third-order valence-electron chi connectivity index (χ3n) is 2.74. The van der Waals surface area contributed by atoms with Gasteiger partial charge in [0.1, 0.15) is 5.01 Å². The van der Waals surface area contributed by atoms with Crippen molar-refractivity contribution in [1.29, 1.82) is 0 Å². The molecule has 0 bridgehead atoms. The highest BCUT2D eigenvalue weighted by Gasteiger charge is 2.24. The van der Waals surface area contributed by atoms with Gasteiger partial charge in [0.15, 0.2) is 5.17 Å². The van der Waals surface area contributed by atoms with Gasteiger partial charge in [0, 0.05) is 0 Å². The number of benzene rings is 1. The lowest BCUT2D eigenvalue weighted by Gasteiger charge is -1.95. The van der Waals surface area contributed by atoms with E-state index in [1.807, 2.05) is 44.2 Å². The van der Waals surface area contributed by atoms with Crippen LogP contribution in [0.4, 0.5) is 5.13 Å². The molecule has 1 fully saturated rings. The molecule has 2 aromatic rings. The lowest BCUT2D eigenvalue weighted by molar-refractivity contribution is -0.115. The van der Waals surface area contributed by atoms with Crippen molar-refractivity contribution in [3.05, 3.63) is 45.3 Å². The number of nitrogens with one attached hydrogen (secondary N) is 1. The summed E-state index contributed by atoms with van der Waals surface area (Å²) >= 11 is 2.70. The SMILES string of the molecule is Cc1ccc(/C=C2\SC(=Nc3nnc(C)s3)NC2=O)cc1. The molecule has 0 spiro atoms. The zero-order valence-electron chi connectivity index (χ0n) is 11.5. The molecule has 0 unspecified atom stereocenters. The second-order valence-corrected chi connectivity index (χ2v) is 6.69. The average Bonchev–Trinajstić information content (AvgIpc) is 2.99. The molecule has 21 heavy (non-hydrogen) atoms. The molecule has 0 radical (unpaired) electrons. The zero-order valence-corrected chi connectivity index (χ0v) is 13.1. The van der Waals surface area contributed by atoms with Crippen LogP contribution in [0.3, 0.4) is 0 Å². The van der Waals surface area contributed by atoms with Crippen LogP contribution in [0, 0.1) is 13.8 Å². The molecule has 3 rings (SSSR count). The topological polar surface area (TPSA) is 67.2 Å². The van der Waals surface area contributed by atoms with Crippen LogP contribution < -0.4 is 5.32 Å². The molecule has 0 atom stereocenters. The number of aliphatic imine (C=N–C) groups is 1. The summed E-state index contributed by atoms with van der Waals surface area (Å²) in [7, 11) is 0. The molecule has 1 aromatic heterocycles. The minimum Gasteiger partial charge on any atom is -0.300 e. The smallest absolute Gasteiger partial charge is 0.264 e. The molecule has 1 amide bonds. The Labute approximate surface area is 130 Å². The third kappa shape index (κ3) is 3.37. The summed E-state index contributed by atoms with van der Waals surface area (Å²) in [5.41, 5.74) is 2.18. The summed E-state index contributed by atoms with van der Waals surface area (Å²) in [5, 5.41) is 12.5. The molecule has 0 aliphatic carbocycles. The predicted molar refractivity (Wildman–Crippen MR) is 86.6 cm³/mol. The van der Waals surface area contributed by atoms with E-state index in [1.165, 1.54) is 28.7 Å². The van der Waals surface area contributed by atoms with Crippen molar-refractivity contribution in [2.24, 2.45) is 4.99 Å². The molecule has 1 saturated heterocycles. The van der Waals surface area contributed by atoms with E-state index in [4.69, 9.17) is 0 Å². The molecular weight excluding hydrogens is 304 g/mol. The first-order valence-corrected chi connectivity index (χ1v) is 7.90. The zero-order chi connectivity index (χ0) is 14.8. The van der Waals surface area contributed by atoms with Gasteiger partial charge in [0.25, 0.3) is 5.91 Å². The summed E-state index contributed by atoms with van der Waals surface area (Å²) < 4.78 is 0. The second-order valence-electron chi connectivity index (χ2n) is 4.50. The summed E-state index contributed by atoms with van der Waals surface area (Å²) in [6, 6.07) is 8.00. The lowest BCUT2D eigenvalue weighted by atomic mass is 10.1. The van der Waals surface area contributed by atoms with Crippen LogP contribution in [-0.2, 0) is 4.79 Å². The van der Waals surface area contributed by atoms with Crippen LogP contribution in [0.1, 0.15) is 16.1 Å². The van der Waals surface area contributed by atoms with E-state index in [0.717, 1.165) is 10.6 Å². The maximum atomic E-state index is 11.9. The first kappa shape index (κ1) is 14.0. The molecule has 1 N–H and O–H groups in total. The Bertz CT molecular complexity index is 747. The van der Waals surface area contributed by atoms with Gasteiger partial charge >= 0.3 is 0 Å². The summed E-state index contributed by atoms with van der Waals surface area (Å²) in [4.78, 5) is 16.8. The van der Waals surface area contributed by atoms with E-state index in [0.29, 0.717) is 15.2 Å². The Morgan fingerprint density at radius 2 is 1.95 bits per heavy atom. The van der Waals surface area contributed by atoms with Crippen molar-refractivity contribution in [2.75, 3.05) is 0 Å². The number of aromatic nitrogens is 2. The number of amides is 1. The van der Waals surface area contributed by atoms with E-state index in [1.54, 1.807) is 0 Å². The fourth-order valence-electron chi connectivity index (χ4n) is 1.71. The van der Waals surface area contributed by atoms with Gasteiger partial charge in [0.05, 0.1) is 4.91 Å². The van der Waals surface area contributed by atoms with Gasteiger partial charge in [-0.15, -0.1) is 10.2 Å². The van der Waals surface area contributed by atoms with Crippen LogP contribution >= 0.6 is 23.1 Å². The van der Waals surface area contributed by atoms with Crippen LogP contribution in [0.15, 0.2) is 34.2 Å². The van der Waals surface area contributed by atoms with Crippen molar-refractivity contribution in [1.82, 2.24) is 15.5 Å². The van der Waals surface area contributed by atoms with Crippen molar-refractivity contribution in [3.8, 4) is 0 Å². The van der Waals surface area contributed by atoms with E-state index in [9.17, 15) is 4.79 Å². The normalized spacial score (nSPS) is 18.5. The Balaban J connectivity index is 1.81. The lowest BCUT2D eigenvalue weighted by Crippen LogP contribution is -2.19. The number of amidine groups is 1. The Hall–Kier alpha value is -1.99. The van der Waals surface area contributed by atoms with E-state index in [-0.39, 0.29) is 5.91 Å². The van der Waals surface area contributed by atoms with Gasteiger partial charge in [0.2, 0.25) is 5.13 Å². The van der Waals surface area contributed by atoms with Crippen molar-refractivity contribution < 1.29 is 4.79 Å². The molecule has 0 saturated carbocycles. The highest BCUT2D eigenvalue weighted by Crippen LogP contribution is 2.28. The van der Waals surface area contributed by atoms with E-state index in [2.05, 4.69) is 20.5 Å². The van der Waals surface area contributed by atoms with Gasteiger partial charge in [-0.25, -0.2) is 0 Å². The molecule has 7 heteroatoms. The molecular formula is C14H12N4OS2. The molecule has 1 aliphatic rings. The summed E-state index contributed by atoms with van der Waals surface area (Å²) in [5.74, 6) is -0.138. The fourth-order valence-corrected chi connectivity index (χ4v) is 3.16. The van der Waals surface area contributed by atoms with Gasteiger partial charge in [-0.2, -0.15) is 4.99 Å². The van der Waals surface area contributed by atoms with Crippen molar-refractivity contribution in [3.63, 3.8) is 0 Å². The monoisotopic (exact) mass is 316 g/mol. The highest BCUT2D eigenvalue weighted by atomic mass is 32.2. The maximum Gasteiger partial charge on any atom is 0.264 e. The number of rotatable bonds is 2. The maximum absolute atomic E-state index is 11.9. The number of carbonyl (C=O) groups excluding carboxylic acids is 1. The summed E-state index contributed by atoms with van der Waals surface area (Å²) in [6.45, 7) is 3.90. The van der Waals surface area contributed by atoms with Gasteiger partial charge < -0.3 is 5.32 Å². The number of thioether (sulfide) groups is 1. The largest absolute Gasteiger partial charge is 0.300 e. The molecule has 1 aliphatic heterocycles. The summed E-state index contributed by atoms with van der Waals surface area (Å²) in [6.07, 6.45) is 1.85. The molecule has 5 nitrogen and oxygen atoms in total. The Morgan fingerprint density at radius 3 is 2.62 bits per heavy atom. The molecule has 2 heterocycles. The standard InChI is InChI=1S/C14H12N4OS2/c1-8-3-5-10(6-4-8)7-11-12(19)15-13(21-11)16-14-18-17-9(2)20-14/h3-7H,1-2H3,(H,15,16,18,19)/b11-7-. The minimum absolute atomic E-state index is 0.138. The number of hydrogen-bond acceptors (Lipinski definition) is 6. The van der Waals surface area contributed by atoms with Crippen molar-refractivity contribution >= 4 is 45.4 Å². The van der Waals surface area contributed by atoms with Gasteiger partial charge in [-0.1, -0.05) is 41.2 Å². The molecule has 106 valence electrons.